The minimum Gasteiger partial charge on any atom is -0.496 e. The third-order valence-electron chi connectivity index (χ3n) is 2.69. The second-order valence-corrected chi connectivity index (χ2v) is 3.96. The molecule has 0 aliphatic rings. The highest BCUT2D eigenvalue weighted by atomic mass is 16.5. The van der Waals surface area contributed by atoms with Gasteiger partial charge in [0.1, 0.15) is 11.4 Å². The summed E-state index contributed by atoms with van der Waals surface area (Å²) in [5.74, 6) is 1.45. The number of anilines is 1. The van der Waals surface area contributed by atoms with Crippen molar-refractivity contribution in [3.8, 4) is 17.0 Å². The zero-order chi connectivity index (χ0) is 13.5. The molecule has 1 aromatic heterocycles. The smallest absolute Gasteiger partial charge is 0.152 e. The van der Waals surface area contributed by atoms with E-state index in [4.69, 9.17) is 9.84 Å². The third kappa shape index (κ3) is 3.20. The van der Waals surface area contributed by atoms with Crippen LogP contribution in [0.25, 0.3) is 11.3 Å². The summed E-state index contributed by atoms with van der Waals surface area (Å²) in [7, 11) is 1.63. The number of hydrogen-bond donors (Lipinski definition) is 2. The number of nitrogens with one attached hydrogen (secondary N) is 1. The van der Waals surface area contributed by atoms with Gasteiger partial charge in [0.25, 0.3) is 0 Å². The van der Waals surface area contributed by atoms with Crippen LogP contribution in [-0.2, 0) is 0 Å². The van der Waals surface area contributed by atoms with Gasteiger partial charge in [-0.05, 0) is 18.6 Å². The Morgan fingerprint density at radius 3 is 2.79 bits per heavy atom. The van der Waals surface area contributed by atoms with Gasteiger partial charge in [-0.2, -0.15) is 0 Å². The summed E-state index contributed by atoms with van der Waals surface area (Å²) in [6.07, 6.45) is 3.96. The molecule has 2 rings (SSSR count). The average Bonchev–Trinajstić information content (AvgIpc) is 2.48. The summed E-state index contributed by atoms with van der Waals surface area (Å²) >= 11 is 0. The molecule has 0 amide bonds. The molecule has 19 heavy (non-hydrogen) atoms. The SMILES string of the molecule is COc1ccccc1-c1nccnc1NCCCO. The molecule has 0 spiro atoms. The average molecular weight is 259 g/mol. The zero-order valence-electron chi connectivity index (χ0n) is 10.8. The van der Waals surface area contributed by atoms with Crippen LogP contribution in [0.15, 0.2) is 36.7 Å². The molecule has 0 saturated heterocycles. The molecule has 1 heterocycles. The van der Waals surface area contributed by atoms with Gasteiger partial charge in [0.2, 0.25) is 0 Å². The first-order chi connectivity index (χ1) is 9.36. The fourth-order valence-corrected chi connectivity index (χ4v) is 1.79. The molecule has 2 N–H and O–H groups in total. The minimum atomic E-state index is 0.150. The van der Waals surface area contributed by atoms with E-state index in [9.17, 15) is 0 Å². The third-order valence-corrected chi connectivity index (χ3v) is 2.69. The van der Waals surface area contributed by atoms with Crippen LogP contribution >= 0.6 is 0 Å². The van der Waals surface area contributed by atoms with Crippen LogP contribution in [0.1, 0.15) is 6.42 Å². The number of methoxy groups -OCH3 is 1. The Morgan fingerprint density at radius 1 is 1.21 bits per heavy atom. The van der Waals surface area contributed by atoms with Crippen LogP contribution in [0.4, 0.5) is 5.82 Å². The van der Waals surface area contributed by atoms with E-state index >= 15 is 0 Å². The van der Waals surface area contributed by atoms with Crippen LogP contribution in [-0.4, -0.2) is 35.3 Å². The predicted octanol–water partition coefficient (Wildman–Crippen LogP) is 1.95. The molecule has 0 radical (unpaired) electrons. The molecule has 0 fully saturated rings. The van der Waals surface area contributed by atoms with Crippen molar-refractivity contribution in [1.29, 1.82) is 0 Å². The van der Waals surface area contributed by atoms with Crippen molar-refractivity contribution in [3.05, 3.63) is 36.7 Å². The van der Waals surface area contributed by atoms with Crippen LogP contribution in [0.2, 0.25) is 0 Å². The first-order valence-electron chi connectivity index (χ1n) is 6.16. The molecule has 100 valence electrons. The van der Waals surface area contributed by atoms with Gasteiger partial charge < -0.3 is 15.2 Å². The summed E-state index contributed by atoms with van der Waals surface area (Å²) in [5.41, 5.74) is 1.64. The lowest BCUT2D eigenvalue weighted by molar-refractivity contribution is 0.292. The normalized spacial score (nSPS) is 10.2. The lowest BCUT2D eigenvalue weighted by Crippen LogP contribution is -2.07. The summed E-state index contributed by atoms with van der Waals surface area (Å²) in [4.78, 5) is 8.66. The number of aliphatic hydroxyl groups is 1. The quantitative estimate of drug-likeness (QED) is 0.776. The van der Waals surface area contributed by atoms with Gasteiger partial charge in [0, 0.05) is 31.1 Å². The Morgan fingerprint density at radius 2 is 2.00 bits per heavy atom. The first-order valence-corrected chi connectivity index (χ1v) is 6.16. The molecular weight excluding hydrogens is 242 g/mol. The van der Waals surface area contributed by atoms with Crippen molar-refractivity contribution < 1.29 is 9.84 Å². The fourth-order valence-electron chi connectivity index (χ4n) is 1.79. The number of aliphatic hydroxyl groups excluding tert-OH is 1. The number of ether oxygens (including phenoxy) is 1. The minimum absolute atomic E-state index is 0.150. The lowest BCUT2D eigenvalue weighted by atomic mass is 10.1. The summed E-state index contributed by atoms with van der Waals surface area (Å²) in [6, 6.07) is 7.68. The summed E-state index contributed by atoms with van der Waals surface area (Å²) in [6.45, 7) is 0.800. The van der Waals surface area contributed by atoms with Crippen molar-refractivity contribution in [3.63, 3.8) is 0 Å². The second kappa shape index (κ2) is 6.70. The van der Waals surface area contributed by atoms with E-state index in [1.54, 1.807) is 19.5 Å². The van der Waals surface area contributed by atoms with Gasteiger partial charge in [0.15, 0.2) is 5.82 Å². The highest BCUT2D eigenvalue weighted by Gasteiger charge is 2.11. The van der Waals surface area contributed by atoms with Crippen molar-refractivity contribution in [2.75, 3.05) is 25.6 Å². The molecule has 0 saturated carbocycles. The Labute approximate surface area is 112 Å². The Bertz CT molecular complexity index is 532. The molecular formula is C14H17N3O2. The van der Waals surface area contributed by atoms with Crippen LogP contribution in [0.5, 0.6) is 5.75 Å². The van der Waals surface area contributed by atoms with E-state index in [0.717, 1.165) is 17.0 Å². The van der Waals surface area contributed by atoms with E-state index in [0.29, 0.717) is 18.8 Å². The summed E-state index contributed by atoms with van der Waals surface area (Å²) in [5, 5.41) is 12.0. The number of hydrogen-bond acceptors (Lipinski definition) is 5. The van der Waals surface area contributed by atoms with Gasteiger partial charge in [-0.3, -0.25) is 4.98 Å². The topological polar surface area (TPSA) is 67.3 Å². The van der Waals surface area contributed by atoms with Gasteiger partial charge in [0.05, 0.1) is 7.11 Å². The maximum Gasteiger partial charge on any atom is 0.152 e. The number of benzene rings is 1. The molecule has 0 aliphatic heterocycles. The zero-order valence-corrected chi connectivity index (χ0v) is 10.8. The van der Waals surface area contributed by atoms with E-state index in [1.165, 1.54) is 0 Å². The highest BCUT2D eigenvalue weighted by molar-refractivity contribution is 5.75. The van der Waals surface area contributed by atoms with Gasteiger partial charge >= 0.3 is 0 Å². The van der Waals surface area contributed by atoms with E-state index < -0.39 is 0 Å². The fraction of sp³-hybridized carbons (Fsp3) is 0.286. The van der Waals surface area contributed by atoms with Gasteiger partial charge in [-0.15, -0.1) is 0 Å². The predicted molar refractivity (Wildman–Crippen MR) is 74.2 cm³/mol. The highest BCUT2D eigenvalue weighted by Crippen LogP contribution is 2.31. The maximum atomic E-state index is 8.82. The molecule has 2 aromatic rings. The number of nitrogens with zero attached hydrogens (tertiary/aromatic N) is 2. The largest absolute Gasteiger partial charge is 0.496 e. The molecule has 0 unspecified atom stereocenters. The van der Waals surface area contributed by atoms with Gasteiger partial charge in [-0.25, -0.2) is 4.98 Å². The van der Waals surface area contributed by atoms with Crippen LogP contribution in [0, 0.1) is 0 Å². The Balaban J connectivity index is 2.33. The Hall–Kier alpha value is -2.14. The van der Waals surface area contributed by atoms with Crippen molar-refractivity contribution in [1.82, 2.24) is 9.97 Å². The number of aromatic nitrogens is 2. The van der Waals surface area contributed by atoms with Crippen molar-refractivity contribution in [2.24, 2.45) is 0 Å². The van der Waals surface area contributed by atoms with E-state index in [1.807, 2.05) is 24.3 Å². The van der Waals surface area contributed by atoms with Crippen molar-refractivity contribution in [2.45, 2.75) is 6.42 Å². The monoisotopic (exact) mass is 259 g/mol. The number of rotatable bonds is 6. The van der Waals surface area contributed by atoms with Crippen molar-refractivity contribution >= 4 is 5.82 Å². The molecule has 1 aromatic carbocycles. The van der Waals surface area contributed by atoms with Gasteiger partial charge in [-0.1, -0.05) is 12.1 Å². The second-order valence-electron chi connectivity index (χ2n) is 3.96. The molecule has 0 aliphatic carbocycles. The molecule has 5 nitrogen and oxygen atoms in total. The Kier molecular flexibility index (Phi) is 4.69. The first kappa shape index (κ1) is 13.3. The van der Waals surface area contributed by atoms with E-state index in [-0.39, 0.29) is 6.61 Å². The number of para-hydroxylation sites is 1. The molecule has 5 heteroatoms. The van der Waals surface area contributed by atoms with Crippen LogP contribution in [0.3, 0.4) is 0 Å². The molecule has 0 bridgehead atoms. The maximum absolute atomic E-state index is 8.82. The van der Waals surface area contributed by atoms with Crippen LogP contribution < -0.4 is 10.1 Å². The summed E-state index contributed by atoms with van der Waals surface area (Å²) < 4.78 is 5.34. The standard InChI is InChI=1S/C14H17N3O2/c1-19-12-6-3-2-5-11(12)13-14(16-7-4-10-18)17-9-8-15-13/h2-3,5-6,8-9,18H,4,7,10H2,1H3,(H,16,17). The van der Waals surface area contributed by atoms with E-state index in [2.05, 4.69) is 15.3 Å². The lowest BCUT2D eigenvalue weighted by Gasteiger charge is -2.12. The molecule has 0 atom stereocenters.